The number of rotatable bonds is 5. The van der Waals surface area contributed by atoms with Crippen LogP contribution in [0.5, 0.6) is 11.5 Å². The van der Waals surface area contributed by atoms with Gasteiger partial charge in [0.2, 0.25) is 5.91 Å². The summed E-state index contributed by atoms with van der Waals surface area (Å²) in [7, 11) is 0. The maximum atomic E-state index is 12.6. The Hall–Kier alpha value is -2.53. The van der Waals surface area contributed by atoms with Crippen LogP contribution in [0.3, 0.4) is 0 Å². The maximum Gasteiger partial charge on any atom is 0.238 e. The third-order valence-electron chi connectivity index (χ3n) is 5.49. The van der Waals surface area contributed by atoms with E-state index < -0.39 is 0 Å². The average molecular weight is 380 g/mol. The molecule has 148 valence electrons. The fourth-order valence-corrected chi connectivity index (χ4v) is 4.03. The van der Waals surface area contributed by atoms with Crippen LogP contribution in [0.4, 0.5) is 5.69 Å². The minimum atomic E-state index is 0.0366. The van der Waals surface area contributed by atoms with Crippen LogP contribution in [-0.4, -0.2) is 37.1 Å². The fourth-order valence-electron chi connectivity index (χ4n) is 4.03. The van der Waals surface area contributed by atoms with E-state index in [2.05, 4.69) is 35.3 Å². The van der Waals surface area contributed by atoms with Crippen LogP contribution in [-0.2, 0) is 11.2 Å². The lowest BCUT2D eigenvalue weighted by Gasteiger charge is -2.25. The van der Waals surface area contributed by atoms with E-state index in [1.807, 2.05) is 24.3 Å². The number of ether oxygens (including phenoxy) is 2. The first kappa shape index (κ1) is 18.8. The molecule has 1 amide bonds. The number of carbonyl (C=O) groups is 1. The summed E-state index contributed by atoms with van der Waals surface area (Å²) in [6, 6.07) is 14.5. The monoisotopic (exact) mass is 380 g/mol. The van der Waals surface area contributed by atoms with Crippen LogP contribution in [0.15, 0.2) is 42.5 Å². The molecule has 0 aliphatic carbocycles. The molecule has 4 rings (SSSR count). The second-order valence-electron chi connectivity index (χ2n) is 7.49. The molecular formula is C23H28N2O3. The molecule has 0 bridgehead atoms. The molecule has 1 unspecified atom stereocenters. The number of nitrogens with zero attached hydrogens (tertiary/aromatic N) is 1. The highest BCUT2D eigenvalue weighted by Crippen LogP contribution is 2.37. The maximum absolute atomic E-state index is 12.6. The third kappa shape index (κ3) is 4.30. The Morgan fingerprint density at radius 3 is 2.82 bits per heavy atom. The van der Waals surface area contributed by atoms with Crippen molar-refractivity contribution in [3.05, 3.63) is 53.6 Å². The van der Waals surface area contributed by atoms with Gasteiger partial charge in [0.25, 0.3) is 0 Å². The number of fused-ring (bicyclic) bond motifs is 1. The van der Waals surface area contributed by atoms with Crippen molar-refractivity contribution in [2.75, 3.05) is 31.6 Å². The van der Waals surface area contributed by atoms with E-state index in [-0.39, 0.29) is 11.9 Å². The van der Waals surface area contributed by atoms with Crippen LogP contribution in [0.2, 0.25) is 0 Å². The van der Waals surface area contributed by atoms with E-state index in [1.165, 1.54) is 11.1 Å². The van der Waals surface area contributed by atoms with Gasteiger partial charge in [-0.3, -0.25) is 9.69 Å². The lowest BCUT2D eigenvalue weighted by Crippen LogP contribution is -2.33. The van der Waals surface area contributed by atoms with Gasteiger partial charge in [0.1, 0.15) is 0 Å². The first-order chi connectivity index (χ1) is 13.7. The second-order valence-corrected chi connectivity index (χ2v) is 7.49. The van der Waals surface area contributed by atoms with Crippen LogP contribution in [0.1, 0.15) is 43.4 Å². The Morgan fingerprint density at radius 2 is 1.96 bits per heavy atom. The average Bonchev–Trinajstić information content (AvgIpc) is 3.03. The molecule has 1 N–H and O–H groups in total. The van der Waals surface area contributed by atoms with Gasteiger partial charge in [-0.25, -0.2) is 0 Å². The van der Waals surface area contributed by atoms with Crippen molar-refractivity contribution in [1.82, 2.24) is 4.90 Å². The number of aryl methyl sites for hydroxylation is 1. The lowest BCUT2D eigenvalue weighted by molar-refractivity contribution is -0.117. The summed E-state index contributed by atoms with van der Waals surface area (Å²) in [6.07, 6.45) is 4.01. The molecule has 5 heteroatoms. The van der Waals surface area contributed by atoms with Crippen LogP contribution >= 0.6 is 0 Å². The van der Waals surface area contributed by atoms with E-state index in [9.17, 15) is 4.79 Å². The summed E-state index contributed by atoms with van der Waals surface area (Å²) in [5.41, 5.74) is 3.29. The largest absolute Gasteiger partial charge is 0.490 e. The van der Waals surface area contributed by atoms with Crippen molar-refractivity contribution in [2.24, 2.45) is 0 Å². The van der Waals surface area contributed by atoms with Crippen molar-refractivity contribution in [3.8, 4) is 11.5 Å². The third-order valence-corrected chi connectivity index (χ3v) is 5.49. The number of likely N-dealkylation sites (tertiary alicyclic amines) is 1. The minimum absolute atomic E-state index is 0.0366. The zero-order valence-corrected chi connectivity index (χ0v) is 16.4. The topological polar surface area (TPSA) is 50.8 Å². The van der Waals surface area contributed by atoms with Crippen molar-refractivity contribution < 1.29 is 14.3 Å². The minimum Gasteiger partial charge on any atom is -0.490 e. The Kier molecular flexibility index (Phi) is 5.81. The van der Waals surface area contributed by atoms with Gasteiger partial charge in [-0.1, -0.05) is 25.1 Å². The molecule has 2 aliphatic heterocycles. The van der Waals surface area contributed by atoms with E-state index >= 15 is 0 Å². The predicted octanol–water partition coefficient (Wildman–Crippen LogP) is 4.19. The van der Waals surface area contributed by atoms with Gasteiger partial charge in [0.15, 0.2) is 11.5 Å². The zero-order valence-electron chi connectivity index (χ0n) is 16.4. The Morgan fingerprint density at radius 1 is 1.11 bits per heavy atom. The predicted molar refractivity (Wildman–Crippen MR) is 110 cm³/mol. The van der Waals surface area contributed by atoms with Crippen LogP contribution < -0.4 is 14.8 Å². The highest BCUT2D eigenvalue weighted by molar-refractivity contribution is 5.92. The molecule has 2 aromatic rings. The van der Waals surface area contributed by atoms with Gasteiger partial charge in [-0.15, -0.1) is 0 Å². The smallest absolute Gasteiger partial charge is 0.238 e. The molecule has 2 aliphatic rings. The Balaban J connectivity index is 1.43. The highest BCUT2D eigenvalue weighted by atomic mass is 16.5. The molecule has 0 saturated carbocycles. The molecule has 1 saturated heterocycles. The summed E-state index contributed by atoms with van der Waals surface area (Å²) < 4.78 is 11.6. The normalized spacial score (nSPS) is 19.2. The number of hydrogen-bond acceptors (Lipinski definition) is 4. The standard InChI is InChI=1S/C23H28N2O3/c1-2-17-6-3-7-19(14-17)24-23(26)16-25-11-4-8-20(25)18-9-10-21-22(15-18)28-13-5-12-27-21/h3,6-7,9-10,14-15,20H,2,4-5,8,11-13,16H2,1H3,(H,24,26). The fraction of sp³-hybridized carbons (Fsp3) is 0.435. The first-order valence-corrected chi connectivity index (χ1v) is 10.3. The van der Waals surface area contributed by atoms with Gasteiger partial charge in [-0.2, -0.15) is 0 Å². The molecule has 28 heavy (non-hydrogen) atoms. The van der Waals surface area contributed by atoms with Crippen molar-refractivity contribution in [3.63, 3.8) is 0 Å². The SMILES string of the molecule is CCc1cccc(NC(=O)CN2CCCC2c2ccc3c(c2)OCCCO3)c1. The summed E-state index contributed by atoms with van der Waals surface area (Å²) in [6.45, 7) is 4.83. The van der Waals surface area contributed by atoms with E-state index in [1.54, 1.807) is 0 Å². The van der Waals surface area contributed by atoms with Crippen LogP contribution in [0.25, 0.3) is 0 Å². The molecule has 2 heterocycles. The number of nitrogens with one attached hydrogen (secondary N) is 1. The van der Waals surface area contributed by atoms with E-state index in [4.69, 9.17) is 9.47 Å². The Bertz CT molecular complexity index is 836. The van der Waals surface area contributed by atoms with Gasteiger partial charge in [0.05, 0.1) is 19.8 Å². The summed E-state index contributed by atoms with van der Waals surface area (Å²) in [5, 5.41) is 3.05. The molecule has 1 fully saturated rings. The number of carbonyl (C=O) groups excluding carboxylic acids is 1. The second kappa shape index (κ2) is 8.65. The van der Waals surface area contributed by atoms with Gasteiger partial charge < -0.3 is 14.8 Å². The number of hydrogen-bond donors (Lipinski definition) is 1. The molecule has 1 atom stereocenters. The zero-order chi connectivity index (χ0) is 19.3. The van der Waals surface area contributed by atoms with Crippen LogP contribution in [0, 0.1) is 0 Å². The molecule has 0 spiro atoms. The summed E-state index contributed by atoms with van der Waals surface area (Å²) in [5.74, 6) is 1.68. The van der Waals surface area contributed by atoms with Crippen molar-refractivity contribution in [2.45, 2.75) is 38.6 Å². The lowest BCUT2D eigenvalue weighted by atomic mass is 10.0. The van der Waals surface area contributed by atoms with Crippen molar-refractivity contribution in [1.29, 1.82) is 0 Å². The molecule has 2 aromatic carbocycles. The molecule has 0 aromatic heterocycles. The molecule has 5 nitrogen and oxygen atoms in total. The summed E-state index contributed by atoms with van der Waals surface area (Å²) >= 11 is 0. The summed E-state index contributed by atoms with van der Waals surface area (Å²) in [4.78, 5) is 14.9. The number of benzene rings is 2. The Labute approximate surface area is 166 Å². The number of amides is 1. The first-order valence-electron chi connectivity index (χ1n) is 10.3. The number of anilines is 1. The van der Waals surface area contributed by atoms with Crippen molar-refractivity contribution >= 4 is 11.6 Å². The highest BCUT2D eigenvalue weighted by Gasteiger charge is 2.28. The quantitative estimate of drug-likeness (QED) is 0.845. The van der Waals surface area contributed by atoms with Gasteiger partial charge in [0, 0.05) is 18.2 Å². The van der Waals surface area contributed by atoms with Gasteiger partial charge in [-0.05, 0) is 61.2 Å². The van der Waals surface area contributed by atoms with E-state index in [0.29, 0.717) is 19.8 Å². The van der Waals surface area contributed by atoms with E-state index in [0.717, 1.165) is 49.4 Å². The van der Waals surface area contributed by atoms with Gasteiger partial charge >= 0.3 is 0 Å². The molecule has 0 radical (unpaired) electrons. The molecular weight excluding hydrogens is 352 g/mol.